The molecular formula is C11H16F2O. The number of aryl methyl sites for hydroxylation is 1. The SMILES string of the molecule is CC.Cc1cccc(OCC(F)F)c1. The molecule has 0 aliphatic heterocycles. The van der Waals surface area contributed by atoms with Gasteiger partial charge in [0.25, 0.3) is 6.43 Å². The minimum absolute atomic E-state index is 0.496. The fourth-order valence-corrected chi connectivity index (χ4v) is 0.864. The number of rotatable bonds is 3. The van der Waals surface area contributed by atoms with Crippen molar-refractivity contribution in [2.75, 3.05) is 6.61 Å². The second-order valence-electron chi connectivity index (χ2n) is 2.52. The van der Waals surface area contributed by atoms with E-state index >= 15 is 0 Å². The molecule has 0 saturated heterocycles. The summed E-state index contributed by atoms with van der Waals surface area (Å²) in [6.07, 6.45) is -2.41. The van der Waals surface area contributed by atoms with Gasteiger partial charge in [-0.3, -0.25) is 0 Å². The zero-order valence-corrected chi connectivity index (χ0v) is 8.76. The normalized spacial score (nSPS) is 9.29. The van der Waals surface area contributed by atoms with Crippen LogP contribution >= 0.6 is 0 Å². The third kappa shape index (κ3) is 5.51. The molecule has 0 aliphatic rings. The molecular weight excluding hydrogens is 186 g/mol. The van der Waals surface area contributed by atoms with Gasteiger partial charge in [0.15, 0.2) is 0 Å². The topological polar surface area (TPSA) is 9.23 Å². The highest BCUT2D eigenvalue weighted by Gasteiger charge is 2.02. The van der Waals surface area contributed by atoms with Crippen molar-refractivity contribution in [2.24, 2.45) is 0 Å². The van der Waals surface area contributed by atoms with Crippen molar-refractivity contribution >= 4 is 0 Å². The summed E-state index contributed by atoms with van der Waals surface area (Å²) in [6.45, 7) is 5.35. The van der Waals surface area contributed by atoms with Crippen LogP contribution in [-0.2, 0) is 0 Å². The van der Waals surface area contributed by atoms with Gasteiger partial charge in [0, 0.05) is 0 Å². The van der Waals surface area contributed by atoms with Crippen LogP contribution in [0.2, 0.25) is 0 Å². The van der Waals surface area contributed by atoms with Gasteiger partial charge in [-0.25, -0.2) is 8.78 Å². The van der Waals surface area contributed by atoms with Gasteiger partial charge >= 0.3 is 0 Å². The maximum absolute atomic E-state index is 11.7. The largest absolute Gasteiger partial charge is 0.488 e. The first-order valence-corrected chi connectivity index (χ1v) is 4.66. The van der Waals surface area contributed by atoms with Crippen LogP contribution in [0.5, 0.6) is 5.75 Å². The van der Waals surface area contributed by atoms with E-state index in [2.05, 4.69) is 0 Å². The molecule has 1 nitrogen and oxygen atoms in total. The average molecular weight is 202 g/mol. The Hall–Kier alpha value is -1.12. The van der Waals surface area contributed by atoms with E-state index in [1.807, 2.05) is 26.8 Å². The van der Waals surface area contributed by atoms with Gasteiger partial charge in [0.1, 0.15) is 12.4 Å². The molecule has 80 valence electrons. The van der Waals surface area contributed by atoms with Crippen molar-refractivity contribution in [3.63, 3.8) is 0 Å². The molecule has 0 bridgehead atoms. The molecule has 0 aromatic heterocycles. The summed E-state index contributed by atoms with van der Waals surface area (Å²) in [5.74, 6) is 0.496. The lowest BCUT2D eigenvalue weighted by molar-refractivity contribution is 0.0819. The first-order chi connectivity index (χ1) is 6.68. The van der Waals surface area contributed by atoms with Gasteiger partial charge < -0.3 is 4.74 Å². The maximum atomic E-state index is 11.7. The predicted octanol–water partition coefficient (Wildman–Crippen LogP) is 3.67. The summed E-state index contributed by atoms with van der Waals surface area (Å²) < 4.78 is 28.2. The lowest BCUT2D eigenvalue weighted by Gasteiger charge is -2.04. The van der Waals surface area contributed by atoms with E-state index in [1.165, 1.54) is 0 Å². The third-order valence-corrected chi connectivity index (χ3v) is 1.37. The van der Waals surface area contributed by atoms with Crippen LogP contribution in [0.1, 0.15) is 19.4 Å². The van der Waals surface area contributed by atoms with Crippen molar-refractivity contribution in [2.45, 2.75) is 27.2 Å². The lowest BCUT2D eigenvalue weighted by atomic mass is 10.2. The lowest BCUT2D eigenvalue weighted by Crippen LogP contribution is -2.06. The summed E-state index contributed by atoms with van der Waals surface area (Å²) >= 11 is 0. The van der Waals surface area contributed by atoms with Crippen LogP contribution in [0, 0.1) is 6.92 Å². The summed E-state index contributed by atoms with van der Waals surface area (Å²) in [4.78, 5) is 0. The van der Waals surface area contributed by atoms with Crippen molar-refractivity contribution < 1.29 is 13.5 Å². The van der Waals surface area contributed by atoms with E-state index in [9.17, 15) is 8.78 Å². The second kappa shape index (κ2) is 7.30. The Kier molecular flexibility index (Phi) is 6.72. The highest BCUT2D eigenvalue weighted by molar-refractivity contribution is 5.27. The van der Waals surface area contributed by atoms with Crippen molar-refractivity contribution in [3.8, 4) is 5.75 Å². The average Bonchev–Trinajstić information content (AvgIpc) is 2.18. The molecule has 1 aromatic carbocycles. The van der Waals surface area contributed by atoms with Crippen molar-refractivity contribution in [1.29, 1.82) is 0 Å². The van der Waals surface area contributed by atoms with E-state index < -0.39 is 13.0 Å². The number of hydrogen-bond acceptors (Lipinski definition) is 1. The molecule has 1 rings (SSSR count). The Balaban J connectivity index is 0.000000791. The number of ether oxygens (including phenoxy) is 1. The summed E-state index contributed by atoms with van der Waals surface area (Å²) in [5.41, 5.74) is 1.00. The monoisotopic (exact) mass is 202 g/mol. The van der Waals surface area contributed by atoms with Gasteiger partial charge in [0.05, 0.1) is 0 Å². The Bertz CT molecular complexity index is 249. The van der Waals surface area contributed by atoms with Gasteiger partial charge in [-0.15, -0.1) is 0 Å². The quantitative estimate of drug-likeness (QED) is 0.726. The molecule has 3 heteroatoms. The molecule has 1 aromatic rings. The molecule has 0 heterocycles. The number of hydrogen-bond donors (Lipinski definition) is 0. The second-order valence-corrected chi connectivity index (χ2v) is 2.52. The summed E-state index contributed by atoms with van der Waals surface area (Å²) in [7, 11) is 0. The number of halogens is 2. The first-order valence-electron chi connectivity index (χ1n) is 4.66. The van der Waals surface area contributed by atoms with E-state index in [-0.39, 0.29) is 0 Å². The molecule has 0 spiro atoms. The molecule has 0 saturated carbocycles. The minimum Gasteiger partial charge on any atom is -0.488 e. The highest BCUT2D eigenvalue weighted by atomic mass is 19.3. The Morgan fingerprint density at radius 1 is 1.29 bits per heavy atom. The molecule has 0 fully saturated rings. The summed E-state index contributed by atoms with van der Waals surface area (Å²) in [5, 5.41) is 0. The molecule has 0 radical (unpaired) electrons. The minimum atomic E-state index is -2.41. The van der Waals surface area contributed by atoms with Crippen LogP contribution in [0.15, 0.2) is 24.3 Å². The maximum Gasteiger partial charge on any atom is 0.272 e. The van der Waals surface area contributed by atoms with E-state index in [0.717, 1.165) is 5.56 Å². The van der Waals surface area contributed by atoms with Crippen LogP contribution in [-0.4, -0.2) is 13.0 Å². The van der Waals surface area contributed by atoms with Crippen LogP contribution < -0.4 is 4.74 Å². The Morgan fingerprint density at radius 2 is 1.93 bits per heavy atom. The van der Waals surface area contributed by atoms with Crippen molar-refractivity contribution in [1.82, 2.24) is 0 Å². The van der Waals surface area contributed by atoms with E-state index in [1.54, 1.807) is 18.2 Å². The van der Waals surface area contributed by atoms with E-state index in [4.69, 9.17) is 4.74 Å². The van der Waals surface area contributed by atoms with Gasteiger partial charge in [0.2, 0.25) is 0 Å². The van der Waals surface area contributed by atoms with Crippen molar-refractivity contribution in [3.05, 3.63) is 29.8 Å². The first kappa shape index (κ1) is 12.9. The van der Waals surface area contributed by atoms with Gasteiger partial charge in [-0.05, 0) is 24.6 Å². The van der Waals surface area contributed by atoms with Gasteiger partial charge in [-0.2, -0.15) is 0 Å². The fraction of sp³-hybridized carbons (Fsp3) is 0.455. The molecule has 0 N–H and O–H groups in total. The van der Waals surface area contributed by atoms with Crippen LogP contribution in [0.4, 0.5) is 8.78 Å². The smallest absolute Gasteiger partial charge is 0.272 e. The third-order valence-electron chi connectivity index (χ3n) is 1.37. The zero-order chi connectivity index (χ0) is 11.0. The number of benzene rings is 1. The molecule has 0 atom stereocenters. The molecule has 0 aliphatic carbocycles. The molecule has 14 heavy (non-hydrogen) atoms. The highest BCUT2D eigenvalue weighted by Crippen LogP contribution is 2.12. The zero-order valence-electron chi connectivity index (χ0n) is 8.76. The van der Waals surface area contributed by atoms with E-state index in [0.29, 0.717) is 5.75 Å². The van der Waals surface area contributed by atoms with Crippen LogP contribution in [0.3, 0.4) is 0 Å². The Labute approximate surface area is 83.7 Å². The summed E-state index contributed by atoms with van der Waals surface area (Å²) in [6, 6.07) is 7.04. The predicted molar refractivity (Wildman–Crippen MR) is 54.0 cm³/mol. The molecule has 0 amide bonds. The fourth-order valence-electron chi connectivity index (χ4n) is 0.864. The van der Waals surface area contributed by atoms with Crippen LogP contribution in [0.25, 0.3) is 0 Å². The Morgan fingerprint density at radius 3 is 2.43 bits per heavy atom. The molecule has 0 unspecified atom stereocenters. The van der Waals surface area contributed by atoms with Gasteiger partial charge in [-0.1, -0.05) is 26.0 Å². The standard InChI is InChI=1S/C9H10F2O.C2H6/c1-7-3-2-4-8(5-7)12-6-9(10)11;1-2/h2-5,9H,6H2,1H3;1-2H3. The number of alkyl halides is 2.